The molecule has 11 nitrogen and oxygen atoms in total. The number of rotatable bonds is 9. The normalized spacial score (nSPS) is 23.4. The van der Waals surface area contributed by atoms with Crippen molar-refractivity contribution >= 4 is 28.7 Å². The number of nitrogens with one attached hydrogen (secondary N) is 1. The molecule has 1 saturated heterocycles. The number of hydrogen-bond acceptors (Lipinski definition) is 11. The molecule has 4 rings (SSSR count). The van der Waals surface area contributed by atoms with Crippen molar-refractivity contribution in [2.24, 2.45) is 0 Å². The Morgan fingerprint density at radius 3 is 2.68 bits per heavy atom. The Hall–Kier alpha value is -2.48. The lowest BCUT2D eigenvalue weighted by atomic mass is 10.1. The number of nitrogens with zero attached hydrogens (tertiary/aromatic N) is 4. The third kappa shape index (κ3) is 4.59. The number of ether oxygens (including phenoxy) is 2. The monoisotopic (exact) mass is 449 g/mol. The van der Waals surface area contributed by atoms with Crippen LogP contribution in [0.3, 0.4) is 0 Å². The molecule has 166 valence electrons. The van der Waals surface area contributed by atoms with Gasteiger partial charge in [-0.1, -0.05) is 30.0 Å². The second-order valence-electron chi connectivity index (χ2n) is 6.72. The number of aliphatic hydroxyl groups is 3. The molecule has 2 unspecified atom stereocenters. The Morgan fingerprint density at radius 1 is 1.16 bits per heavy atom. The summed E-state index contributed by atoms with van der Waals surface area (Å²) in [6.07, 6.45) is -1.05. The standard InChI is InChI=1S/C19H23N5O6S/c1-31-19-21-16(23-29-8-7-28-11-5-3-2-4-6-11)13-17(22-19)24(10-20-13)18-15(27)14(26)12(9-25)30-18/h2-6,10,12,14-15,18,25-27H,7-9H2,1H3,(H,21,22,23)/t12-,14?,15?,18-/m1/s1. The van der Waals surface area contributed by atoms with Gasteiger partial charge >= 0.3 is 0 Å². The predicted molar refractivity (Wildman–Crippen MR) is 112 cm³/mol. The highest BCUT2D eigenvalue weighted by molar-refractivity contribution is 7.98. The van der Waals surface area contributed by atoms with Crippen molar-refractivity contribution in [3.8, 4) is 5.75 Å². The van der Waals surface area contributed by atoms with Gasteiger partial charge in [0.2, 0.25) is 0 Å². The predicted octanol–water partition coefficient (Wildman–Crippen LogP) is 0.582. The van der Waals surface area contributed by atoms with Gasteiger partial charge in [0.15, 0.2) is 28.4 Å². The number of benzene rings is 1. The lowest BCUT2D eigenvalue weighted by Gasteiger charge is -2.17. The van der Waals surface area contributed by atoms with Crippen molar-refractivity contribution in [3.63, 3.8) is 0 Å². The van der Waals surface area contributed by atoms with Crippen LogP contribution in [0.1, 0.15) is 6.23 Å². The van der Waals surface area contributed by atoms with Gasteiger partial charge in [-0.2, -0.15) is 0 Å². The van der Waals surface area contributed by atoms with Crippen LogP contribution >= 0.6 is 11.8 Å². The number of thioether (sulfide) groups is 1. The van der Waals surface area contributed by atoms with Crippen LogP contribution in [-0.2, 0) is 9.57 Å². The molecule has 1 fully saturated rings. The minimum Gasteiger partial charge on any atom is -0.491 e. The Morgan fingerprint density at radius 2 is 1.97 bits per heavy atom. The summed E-state index contributed by atoms with van der Waals surface area (Å²) >= 11 is 1.32. The van der Waals surface area contributed by atoms with Crippen LogP contribution in [0, 0.1) is 0 Å². The fraction of sp³-hybridized carbons (Fsp3) is 0.421. The zero-order valence-corrected chi connectivity index (χ0v) is 17.5. The third-order valence-corrected chi connectivity index (χ3v) is 5.29. The van der Waals surface area contributed by atoms with Gasteiger partial charge in [-0.15, -0.1) is 0 Å². The molecule has 1 aliphatic rings. The number of aliphatic hydroxyl groups excluding tert-OH is 3. The summed E-state index contributed by atoms with van der Waals surface area (Å²) in [4.78, 5) is 18.6. The van der Waals surface area contributed by atoms with E-state index >= 15 is 0 Å². The van der Waals surface area contributed by atoms with E-state index in [0.29, 0.717) is 28.7 Å². The molecular formula is C19H23N5O6S. The van der Waals surface area contributed by atoms with E-state index in [4.69, 9.17) is 14.3 Å². The number of aromatic nitrogens is 4. The highest BCUT2D eigenvalue weighted by Crippen LogP contribution is 2.33. The summed E-state index contributed by atoms with van der Waals surface area (Å²) in [6, 6.07) is 9.40. The summed E-state index contributed by atoms with van der Waals surface area (Å²) < 4.78 is 12.7. The Labute approximate surface area is 182 Å². The first-order valence-electron chi connectivity index (χ1n) is 9.59. The quantitative estimate of drug-likeness (QED) is 0.158. The Bertz CT molecular complexity index is 1010. The fourth-order valence-corrected chi connectivity index (χ4v) is 3.55. The zero-order chi connectivity index (χ0) is 21.8. The van der Waals surface area contributed by atoms with Crippen molar-refractivity contribution in [2.45, 2.75) is 29.7 Å². The van der Waals surface area contributed by atoms with E-state index in [0.717, 1.165) is 5.75 Å². The number of imidazole rings is 1. The topological polar surface area (TPSA) is 144 Å². The molecule has 1 aromatic carbocycles. The van der Waals surface area contributed by atoms with Gasteiger partial charge in [-0.3, -0.25) is 9.40 Å². The lowest BCUT2D eigenvalue weighted by molar-refractivity contribution is -0.0511. The van der Waals surface area contributed by atoms with Gasteiger partial charge < -0.3 is 24.8 Å². The Kier molecular flexibility index (Phi) is 6.85. The third-order valence-electron chi connectivity index (χ3n) is 4.74. The van der Waals surface area contributed by atoms with Crippen LogP contribution in [0.4, 0.5) is 5.82 Å². The van der Waals surface area contributed by atoms with Gasteiger partial charge in [-0.25, -0.2) is 20.4 Å². The molecule has 0 aliphatic carbocycles. The molecule has 1 aliphatic heterocycles. The highest BCUT2D eigenvalue weighted by Gasteiger charge is 2.44. The second-order valence-corrected chi connectivity index (χ2v) is 7.50. The van der Waals surface area contributed by atoms with E-state index < -0.39 is 31.1 Å². The molecule has 0 saturated carbocycles. The molecular weight excluding hydrogens is 426 g/mol. The van der Waals surface area contributed by atoms with Gasteiger partial charge in [-0.05, 0) is 18.4 Å². The molecule has 2 aromatic heterocycles. The van der Waals surface area contributed by atoms with Crippen LogP contribution in [0.5, 0.6) is 5.75 Å². The zero-order valence-electron chi connectivity index (χ0n) is 16.7. The fourth-order valence-electron chi connectivity index (χ4n) is 3.19. The first-order chi connectivity index (χ1) is 15.1. The van der Waals surface area contributed by atoms with Crippen molar-refractivity contribution in [1.82, 2.24) is 19.5 Å². The molecule has 0 radical (unpaired) electrons. The van der Waals surface area contributed by atoms with Gasteiger partial charge in [0, 0.05) is 0 Å². The maximum atomic E-state index is 10.3. The van der Waals surface area contributed by atoms with Crippen molar-refractivity contribution in [2.75, 3.05) is 31.6 Å². The van der Waals surface area contributed by atoms with Crippen LogP contribution < -0.4 is 10.2 Å². The number of para-hydroxylation sites is 1. The highest BCUT2D eigenvalue weighted by atomic mass is 32.2. The first-order valence-corrected chi connectivity index (χ1v) is 10.8. The van der Waals surface area contributed by atoms with E-state index in [1.165, 1.54) is 22.7 Å². The summed E-state index contributed by atoms with van der Waals surface area (Å²) in [6.45, 7) is 0.167. The largest absolute Gasteiger partial charge is 0.491 e. The molecule has 12 heteroatoms. The molecule has 4 N–H and O–H groups in total. The second kappa shape index (κ2) is 9.77. The molecule has 3 heterocycles. The molecule has 0 spiro atoms. The van der Waals surface area contributed by atoms with Crippen molar-refractivity contribution < 1.29 is 29.6 Å². The average Bonchev–Trinajstić information content (AvgIpc) is 3.34. The van der Waals surface area contributed by atoms with Crippen LogP contribution in [0.25, 0.3) is 11.2 Å². The molecule has 31 heavy (non-hydrogen) atoms. The van der Waals surface area contributed by atoms with Crippen LogP contribution in [-0.4, -0.2) is 79.2 Å². The summed E-state index contributed by atoms with van der Waals surface area (Å²) in [5.41, 5.74) is 3.57. The number of fused-ring (bicyclic) bond motifs is 1. The molecule has 0 bridgehead atoms. The molecule has 3 aromatic rings. The average molecular weight is 449 g/mol. The minimum absolute atomic E-state index is 0.254. The van der Waals surface area contributed by atoms with E-state index in [-0.39, 0.29) is 6.61 Å². The smallest absolute Gasteiger partial charge is 0.191 e. The van der Waals surface area contributed by atoms with Crippen LogP contribution in [0.15, 0.2) is 41.8 Å². The van der Waals surface area contributed by atoms with Crippen LogP contribution in [0.2, 0.25) is 0 Å². The molecule has 0 amide bonds. The summed E-state index contributed by atoms with van der Waals surface area (Å²) in [5, 5.41) is 30.2. The van der Waals surface area contributed by atoms with Crippen molar-refractivity contribution in [1.29, 1.82) is 0 Å². The minimum atomic E-state index is -1.25. The first kappa shape index (κ1) is 21.7. The summed E-state index contributed by atoms with van der Waals surface area (Å²) in [5.74, 6) is 1.09. The lowest BCUT2D eigenvalue weighted by Crippen LogP contribution is -2.33. The summed E-state index contributed by atoms with van der Waals surface area (Å²) in [7, 11) is 0. The van der Waals surface area contributed by atoms with E-state index in [9.17, 15) is 15.3 Å². The molecule has 4 atom stereocenters. The van der Waals surface area contributed by atoms with Crippen molar-refractivity contribution in [3.05, 3.63) is 36.7 Å². The SMILES string of the molecule is CSc1nc(NOCCOc2ccccc2)c2ncn([C@@H]3O[C@H](CO)C(O)C3O)c2n1. The van der Waals surface area contributed by atoms with E-state index in [1.807, 2.05) is 36.6 Å². The number of hydrogen-bond donors (Lipinski definition) is 4. The maximum Gasteiger partial charge on any atom is 0.191 e. The number of anilines is 1. The van der Waals surface area contributed by atoms with E-state index in [2.05, 4.69) is 20.4 Å². The Balaban J connectivity index is 1.48. The van der Waals surface area contributed by atoms with Gasteiger partial charge in [0.1, 0.15) is 37.3 Å². The maximum absolute atomic E-state index is 10.3. The van der Waals surface area contributed by atoms with Gasteiger partial charge in [0.05, 0.1) is 12.9 Å². The van der Waals surface area contributed by atoms with Gasteiger partial charge in [0.25, 0.3) is 0 Å². The van der Waals surface area contributed by atoms with E-state index in [1.54, 1.807) is 0 Å².